The second-order valence-electron chi connectivity index (χ2n) is 3.81. The van der Waals surface area contributed by atoms with Crippen LogP contribution in [-0.2, 0) is 9.53 Å². The molecule has 0 heterocycles. The molecular formula is C13H15F2NO3. The van der Waals surface area contributed by atoms with E-state index in [0.717, 1.165) is 6.07 Å². The first-order valence-electron chi connectivity index (χ1n) is 5.81. The fourth-order valence-corrected chi connectivity index (χ4v) is 1.57. The van der Waals surface area contributed by atoms with E-state index in [-0.39, 0.29) is 25.1 Å². The molecule has 1 aromatic carbocycles. The Morgan fingerprint density at radius 2 is 2.00 bits per heavy atom. The second kappa shape index (κ2) is 6.82. The number of amides is 1. The van der Waals surface area contributed by atoms with Crippen molar-refractivity contribution in [2.24, 2.45) is 0 Å². The van der Waals surface area contributed by atoms with Crippen molar-refractivity contribution in [2.75, 3.05) is 20.2 Å². The number of carbonyl (C=O) groups is 2. The smallest absolute Gasteiger partial charge is 0.307 e. The molecule has 104 valence electrons. The molecular weight excluding hydrogens is 256 g/mol. The molecule has 0 saturated carbocycles. The minimum Gasteiger partial charge on any atom is -0.469 e. The summed E-state index contributed by atoms with van der Waals surface area (Å²) in [6, 6.07) is 3.41. The van der Waals surface area contributed by atoms with Crippen molar-refractivity contribution in [2.45, 2.75) is 13.3 Å². The number of rotatable bonds is 5. The zero-order valence-corrected chi connectivity index (χ0v) is 10.8. The van der Waals surface area contributed by atoms with Gasteiger partial charge in [0.15, 0.2) is 11.6 Å². The first kappa shape index (κ1) is 15.1. The van der Waals surface area contributed by atoms with Crippen molar-refractivity contribution in [1.82, 2.24) is 4.90 Å². The molecule has 0 spiro atoms. The summed E-state index contributed by atoms with van der Waals surface area (Å²) in [4.78, 5) is 24.3. The number of hydrogen-bond acceptors (Lipinski definition) is 3. The predicted molar refractivity (Wildman–Crippen MR) is 64.6 cm³/mol. The van der Waals surface area contributed by atoms with Gasteiger partial charge >= 0.3 is 5.97 Å². The summed E-state index contributed by atoms with van der Waals surface area (Å²) < 4.78 is 31.0. The van der Waals surface area contributed by atoms with E-state index in [1.165, 1.54) is 24.1 Å². The maximum atomic E-state index is 13.5. The van der Waals surface area contributed by atoms with Crippen LogP contribution in [0.2, 0.25) is 0 Å². The Morgan fingerprint density at radius 3 is 2.58 bits per heavy atom. The van der Waals surface area contributed by atoms with Crippen LogP contribution in [0.4, 0.5) is 8.78 Å². The van der Waals surface area contributed by atoms with Crippen molar-refractivity contribution in [1.29, 1.82) is 0 Å². The molecule has 19 heavy (non-hydrogen) atoms. The van der Waals surface area contributed by atoms with Crippen molar-refractivity contribution in [3.63, 3.8) is 0 Å². The van der Waals surface area contributed by atoms with E-state index in [9.17, 15) is 18.4 Å². The predicted octanol–water partition coefficient (Wildman–Crippen LogP) is 1.99. The third kappa shape index (κ3) is 3.74. The molecule has 0 fully saturated rings. The summed E-state index contributed by atoms with van der Waals surface area (Å²) in [7, 11) is 1.24. The lowest BCUT2D eigenvalue weighted by Gasteiger charge is -2.20. The highest BCUT2D eigenvalue weighted by molar-refractivity contribution is 5.94. The van der Waals surface area contributed by atoms with Gasteiger partial charge in [-0.1, -0.05) is 6.07 Å². The summed E-state index contributed by atoms with van der Waals surface area (Å²) in [5.74, 6) is -3.37. The number of halogens is 2. The minimum atomic E-state index is -1.18. The van der Waals surface area contributed by atoms with Gasteiger partial charge in [-0.3, -0.25) is 9.59 Å². The lowest BCUT2D eigenvalue weighted by atomic mass is 10.1. The van der Waals surface area contributed by atoms with Crippen LogP contribution in [0.3, 0.4) is 0 Å². The topological polar surface area (TPSA) is 46.6 Å². The van der Waals surface area contributed by atoms with Crippen molar-refractivity contribution >= 4 is 11.9 Å². The van der Waals surface area contributed by atoms with Crippen LogP contribution >= 0.6 is 0 Å². The lowest BCUT2D eigenvalue weighted by Crippen LogP contribution is -2.33. The highest BCUT2D eigenvalue weighted by atomic mass is 19.2. The number of carbonyl (C=O) groups excluding carboxylic acids is 2. The number of esters is 1. The minimum absolute atomic E-state index is 0.00696. The van der Waals surface area contributed by atoms with Gasteiger partial charge in [-0.15, -0.1) is 0 Å². The Labute approximate surface area is 110 Å². The highest BCUT2D eigenvalue weighted by Crippen LogP contribution is 2.14. The Kier molecular flexibility index (Phi) is 5.41. The number of methoxy groups -OCH3 is 1. The van der Waals surface area contributed by atoms with Gasteiger partial charge in [0, 0.05) is 13.1 Å². The molecule has 1 aromatic rings. The average molecular weight is 271 g/mol. The molecule has 0 atom stereocenters. The molecule has 6 heteroatoms. The van der Waals surface area contributed by atoms with Crippen LogP contribution < -0.4 is 0 Å². The molecule has 0 aromatic heterocycles. The third-order valence-electron chi connectivity index (χ3n) is 2.66. The molecule has 0 saturated heterocycles. The monoisotopic (exact) mass is 271 g/mol. The molecule has 0 aliphatic heterocycles. The van der Waals surface area contributed by atoms with Crippen molar-refractivity contribution in [3.8, 4) is 0 Å². The van der Waals surface area contributed by atoms with E-state index in [0.29, 0.717) is 0 Å². The quantitative estimate of drug-likeness (QED) is 0.769. The molecule has 0 bridgehead atoms. The fraction of sp³-hybridized carbons (Fsp3) is 0.385. The van der Waals surface area contributed by atoms with Crippen LogP contribution in [0.1, 0.15) is 23.7 Å². The van der Waals surface area contributed by atoms with Crippen LogP contribution in [0.15, 0.2) is 18.2 Å². The van der Waals surface area contributed by atoms with Gasteiger partial charge in [0.2, 0.25) is 0 Å². The summed E-state index contributed by atoms with van der Waals surface area (Å²) in [5.41, 5.74) is -0.341. The normalized spacial score (nSPS) is 10.1. The maximum Gasteiger partial charge on any atom is 0.307 e. The van der Waals surface area contributed by atoms with Gasteiger partial charge in [0.05, 0.1) is 19.1 Å². The van der Waals surface area contributed by atoms with Crippen LogP contribution in [0.25, 0.3) is 0 Å². The van der Waals surface area contributed by atoms with Crippen molar-refractivity contribution < 1.29 is 23.1 Å². The summed E-state index contributed by atoms with van der Waals surface area (Å²) >= 11 is 0. The zero-order chi connectivity index (χ0) is 14.4. The summed E-state index contributed by atoms with van der Waals surface area (Å²) in [5, 5.41) is 0. The molecule has 0 aliphatic rings. The molecule has 1 amide bonds. The first-order valence-corrected chi connectivity index (χ1v) is 5.81. The molecule has 4 nitrogen and oxygen atoms in total. The van der Waals surface area contributed by atoms with E-state index in [4.69, 9.17) is 0 Å². The van der Waals surface area contributed by atoms with Crippen LogP contribution in [0, 0.1) is 11.6 Å². The number of ether oxygens (including phenoxy) is 1. The Morgan fingerprint density at radius 1 is 1.32 bits per heavy atom. The Balaban J connectivity index is 2.84. The fourth-order valence-electron chi connectivity index (χ4n) is 1.57. The van der Waals surface area contributed by atoms with Gasteiger partial charge in [0.25, 0.3) is 5.91 Å². The zero-order valence-electron chi connectivity index (χ0n) is 10.8. The second-order valence-corrected chi connectivity index (χ2v) is 3.81. The molecule has 0 aliphatic carbocycles. The van der Waals surface area contributed by atoms with E-state index < -0.39 is 23.5 Å². The Hall–Kier alpha value is -1.98. The van der Waals surface area contributed by atoms with E-state index in [1.807, 2.05) is 0 Å². The van der Waals surface area contributed by atoms with Crippen LogP contribution in [0.5, 0.6) is 0 Å². The Bertz CT molecular complexity index is 477. The highest BCUT2D eigenvalue weighted by Gasteiger charge is 2.20. The van der Waals surface area contributed by atoms with Gasteiger partial charge in [-0.25, -0.2) is 8.78 Å². The largest absolute Gasteiger partial charge is 0.469 e. The number of nitrogens with zero attached hydrogens (tertiary/aromatic N) is 1. The lowest BCUT2D eigenvalue weighted by molar-refractivity contribution is -0.140. The summed E-state index contributed by atoms with van der Waals surface area (Å²) in [6.45, 7) is 2.07. The van der Waals surface area contributed by atoms with Gasteiger partial charge in [0.1, 0.15) is 0 Å². The molecule has 0 unspecified atom stereocenters. The first-order chi connectivity index (χ1) is 9.01. The summed E-state index contributed by atoms with van der Waals surface area (Å²) in [6.07, 6.45) is 0.00696. The van der Waals surface area contributed by atoms with Gasteiger partial charge < -0.3 is 9.64 Å². The van der Waals surface area contributed by atoms with E-state index in [2.05, 4.69) is 4.74 Å². The van der Waals surface area contributed by atoms with Gasteiger partial charge in [-0.05, 0) is 19.1 Å². The number of hydrogen-bond donors (Lipinski definition) is 0. The molecule has 0 radical (unpaired) electrons. The molecule has 0 N–H and O–H groups in total. The standard InChI is InChI=1S/C13H15F2NO3/c1-3-16(8-7-11(17)19-2)13(18)9-5-4-6-10(14)12(9)15/h4-6H,3,7-8H2,1-2H3. The van der Waals surface area contributed by atoms with Gasteiger partial charge in [-0.2, -0.15) is 0 Å². The van der Waals surface area contributed by atoms with Crippen LogP contribution in [-0.4, -0.2) is 37.0 Å². The number of benzene rings is 1. The van der Waals surface area contributed by atoms with E-state index in [1.54, 1.807) is 6.92 Å². The van der Waals surface area contributed by atoms with E-state index >= 15 is 0 Å². The molecule has 1 rings (SSSR count). The van der Waals surface area contributed by atoms with Crippen molar-refractivity contribution in [3.05, 3.63) is 35.4 Å². The maximum absolute atomic E-state index is 13.5. The SMILES string of the molecule is CCN(CCC(=O)OC)C(=O)c1cccc(F)c1F. The third-order valence-corrected chi connectivity index (χ3v) is 2.66. The average Bonchev–Trinajstić information content (AvgIpc) is 2.41.